The predicted molar refractivity (Wildman–Crippen MR) is 60.0 cm³/mol. The van der Waals surface area contributed by atoms with Crippen molar-refractivity contribution in [1.29, 1.82) is 0 Å². The first-order valence-corrected chi connectivity index (χ1v) is 4.81. The summed E-state index contributed by atoms with van der Waals surface area (Å²) >= 11 is 4.26. The first-order valence-electron chi connectivity index (χ1n) is 4.17. The van der Waals surface area contributed by atoms with Crippen molar-refractivity contribution in [3.63, 3.8) is 0 Å². The lowest BCUT2D eigenvalue weighted by Crippen LogP contribution is -1.95. The van der Waals surface area contributed by atoms with Crippen molar-refractivity contribution in [2.45, 2.75) is 5.75 Å². The van der Waals surface area contributed by atoms with Crippen molar-refractivity contribution in [1.82, 2.24) is 4.57 Å². The Bertz CT molecular complexity index is 445. The number of para-hydroxylation sites is 1. The van der Waals surface area contributed by atoms with Crippen LogP contribution < -0.4 is 5.73 Å². The number of benzene rings is 1. The number of rotatable bonds is 1. The third-order valence-corrected chi connectivity index (χ3v) is 2.67. The molecule has 1 aromatic heterocycles. The van der Waals surface area contributed by atoms with Gasteiger partial charge >= 0.3 is 0 Å². The summed E-state index contributed by atoms with van der Waals surface area (Å²) in [6.45, 7) is 0. The van der Waals surface area contributed by atoms with E-state index in [1.165, 1.54) is 11.1 Å². The topological polar surface area (TPSA) is 30.9 Å². The second-order valence-electron chi connectivity index (χ2n) is 3.14. The quantitative estimate of drug-likeness (QED) is 0.526. The van der Waals surface area contributed by atoms with Crippen molar-refractivity contribution in [3.05, 3.63) is 30.0 Å². The maximum Gasteiger partial charge on any atom is 0.0713 e. The number of anilines is 1. The van der Waals surface area contributed by atoms with Crippen LogP contribution in [0.2, 0.25) is 0 Å². The van der Waals surface area contributed by atoms with Gasteiger partial charge in [-0.25, -0.2) is 0 Å². The number of hydrogen-bond acceptors (Lipinski definition) is 2. The fourth-order valence-corrected chi connectivity index (χ4v) is 1.96. The van der Waals surface area contributed by atoms with Crippen LogP contribution in [0, 0.1) is 0 Å². The van der Waals surface area contributed by atoms with Crippen LogP contribution in [0.3, 0.4) is 0 Å². The smallest absolute Gasteiger partial charge is 0.0713 e. The molecule has 3 heteroatoms. The number of aryl methyl sites for hydroxylation is 1. The van der Waals surface area contributed by atoms with Crippen molar-refractivity contribution < 1.29 is 0 Å². The van der Waals surface area contributed by atoms with Gasteiger partial charge in [0.1, 0.15) is 0 Å². The number of fused-ring (bicyclic) bond motifs is 1. The summed E-state index contributed by atoms with van der Waals surface area (Å²) in [7, 11) is 2.02. The Kier molecular flexibility index (Phi) is 1.96. The maximum atomic E-state index is 5.88. The molecule has 2 rings (SSSR count). The molecular weight excluding hydrogens is 180 g/mol. The van der Waals surface area contributed by atoms with Crippen molar-refractivity contribution >= 4 is 29.2 Å². The lowest BCUT2D eigenvalue weighted by atomic mass is 10.2. The molecule has 0 aliphatic carbocycles. The summed E-state index contributed by atoms with van der Waals surface area (Å²) in [4.78, 5) is 0. The van der Waals surface area contributed by atoms with Crippen LogP contribution in [0.1, 0.15) is 5.69 Å². The highest BCUT2D eigenvalue weighted by Crippen LogP contribution is 2.24. The van der Waals surface area contributed by atoms with Crippen molar-refractivity contribution in [3.8, 4) is 0 Å². The second kappa shape index (κ2) is 3.00. The van der Waals surface area contributed by atoms with Gasteiger partial charge in [0.25, 0.3) is 0 Å². The molecule has 2 nitrogen and oxygen atoms in total. The molecule has 2 aromatic rings. The van der Waals surface area contributed by atoms with Gasteiger partial charge in [-0.3, -0.25) is 0 Å². The highest BCUT2D eigenvalue weighted by atomic mass is 32.1. The van der Waals surface area contributed by atoms with E-state index in [0.717, 1.165) is 17.0 Å². The minimum absolute atomic E-state index is 0.741. The first-order chi connectivity index (χ1) is 6.24. The molecule has 0 bridgehead atoms. The third-order valence-electron chi connectivity index (χ3n) is 2.35. The summed E-state index contributed by atoms with van der Waals surface area (Å²) in [5.41, 5.74) is 9.00. The molecule has 2 N–H and O–H groups in total. The molecule has 0 amide bonds. The lowest BCUT2D eigenvalue weighted by molar-refractivity contribution is 0.912. The Morgan fingerprint density at radius 2 is 2.23 bits per heavy atom. The summed E-state index contributed by atoms with van der Waals surface area (Å²) in [5.74, 6) is 0.741. The fourth-order valence-electron chi connectivity index (χ4n) is 1.66. The molecule has 13 heavy (non-hydrogen) atoms. The van der Waals surface area contributed by atoms with Crippen LogP contribution >= 0.6 is 12.6 Å². The van der Waals surface area contributed by atoms with E-state index in [0.29, 0.717) is 0 Å². The van der Waals surface area contributed by atoms with Crippen molar-refractivity contribution in [2.75, 3.05) is 5.73 Å². The minimum Gasteiger partial charge on any atom is -0.397 e. The zero-order valence-electron chi connectivity index (χ0n) is 7.49. The summed E-state index contributed by atoms with van der Waals surface area (Å²) in [6, 6.07) is 8.09. The summed E-state index contributed by atoms with van der Waals surface area (Å²) in [5, 5.41) is 1.19. The molecule has 0 atom stereocenters. The van der Waals surface area contributed by atoms with Crippen LogP contribution in [0.25, 0.3) is 10.9 Å². The number of thiol groups is 1. The number of nitrogens with two attached hydrogens (primary N) is 1. The average molecular weight is 192 g/mol. The highest BCUT2D eigenvalue weighted by Gasteiger charge is 2.05. The van der Waals surface area contributed by atoms with Gasteiger partial charge in [0, 0.05) is 23.9 Å². The molecule has 0 saturated carbocycles. The van der Waals surface area contributed by atoms with Gasteiger partial charge in [-0.1, -0.05) is 12.1 Å². The van der Waals surface area contributed by atoms with E-state index >= 15 is 0 Å². The lowest BCUT2D eigenvalue weighted by Gasteiger charge is -2.02. The van der Waals surface area contributed by atoms with Crippen LogP contribution in [-0.2, 0) is 12.8 Å². The molecule has 0 spiro atoms. The van der Waals surface area contributed by atoms with Crippen LogP contribution in [0.15, 0.2) is 24.3 Å². The van der Waals surface area contributed by atoms with Gasteiger partial charge < -0.3 is 10.3 Å². The SMILES string of the molecule is Cn1c(CS)cc2cccc(N)c21. The van der Waals surface area contributed by atoms with Gasteiger partial charge in [0.15, 0.2) is 0 Å². The van der Waals surface area contributed by atoms with E-state index in [4.69, 9.17) is 5.73 Å². The molecule has 0 saturated heterocycles. The highest BCUT2D eigenvalue weighted by molar-refractivity contribution is 7.79. The molecular formula is C10H12N2S. The van der Waals surface area contributed by atoms with E-state index in [-0.39, 0.29) is 0 Å². The maximum absolute atomic E-state index is 5.88. The van der Waals surface area contributed by atoms with Crippen LogP contribution in [-0.4, -0.2) is 4.57 Å². The van der Waals surface area contributed by atoms with Crippen molar-refractivity contribution in [2.24, 2.45) is 7.05 Å². The Morgan fingerprint density at radius 1 is 1.46 bits per heavy atom. The number of hydrogen-bond donors (Lipinski definition) is 2. The number of aromatic nitrogens is 1. The standard InChI is InChI=1S/C10H12N2S/c1-12-8(6-13)5-7-3-2-4-9(11)10(7)12/h2-5,13H,6,11H2,1H3. The van der Waals surface area contributed by atoms with Crippen LogP contribution in [0.5, 0.6) is 0 Å². The first kappa shape index (κ1) is 8.51. The number of nitrogens with zero attached hydrogens (tertiary/aromatic N) is 1. The molecule has 0 fully saturated rings. The zero-order chi connectivity index (χ0) is 9.42. The Labute approximate surface area is 82.8 Å². The van der Waals surface area contributed by atoms with E-state index in [2.05, 4.69) is 29.3 Å². The molecule has 0 aliphatic heterocycles. The Morgan fingerprint density at radius 3 is 2.85 bits per heavy atom. The Balaban J connectivity index is 2.85. The molecule has 1 aromatic carbocycles. The van der Waals surface area contributed by atoms with Gasteiger partial charge in [-0.15, -0.1) is 0 Å². The third kappa shape index (κ3) is 1.20. The van der Waals surface area contributed by atoms with E-state index < -0.39 is 0 Å². The zero-order valence-corrected chi connectivity index (χ0v) is 8.38. The second-order valence-corrected chi connectivity index (χ2v) is 3.45. The number of nitrogen functional groups attached to an aromatic ring is 1. The van der Waals surface area contributed by atoms with E-state index in [1.54, 1.807) is 0 Å². The minimum atomic E-state index is 0.741. The van der Waals surface area contributed by atoms with Gasteiger partial charge in [-0.2, -0.15) is 12.6 Å². The normalized spacial score (nSPS) is 10.9. The molecule has 0 unspecified atom stereocenters. The average Bonchev–Trinajstić information content (AvgIpc) is 2.44. The molecule has 0 aliphatic rings. The summed E-state index contributed by atoms with van der Waals surface area (Å²) in [6.07, 6.45) is 0. The largest absolute Gasteiger partial charge is 0.397 e. The Hall–Kier alpha value is -1.09. The van der Waals surface area contributed by atoms with E-state index in [9.17, 15) is 0 Å². The monoisotopic (exact) mass is 192 g/mol. The van der Waals surface area contributed by atoms with Gasteiger partial charge in [-0.05, 0) is 12.1 Å². The molecule has 1 heterocycles. The van der Waals surface area contributed by atoms with Crippen LogP contribution in [0.4, 0.5) is 5.69 Å². The molecule has 0 radical (unpaired) electrons. The summed E-state index contributed by atoms with van der Waals surface area (Å²) < 4.78 is 2.09. The fraction of sp³-hybridized carbons (Fsp3) is 0.200. The van der Waals surface area contributed by atoms with E-state index in [1.807, 2.05) is 19.2 Å². The van der Waals surface area contributed by atoms with Gasteiger partial charge in [0.05, 0.1) is 11.2 Å². The predicted octanol–water partition coefficient (Wildman–Crippen LogP) is 2.19. The molecule has 68 valence electrons. The van der Waals surface area contributed by atoms with Gasteiger partial charge in [0.2, 0.25) is 0 Å².